The number of likely N-dealkylation sites (tertiary alicyclic amines) is 1. The molecule has 0 radical (unpaired) electrons. The number of nitrogens with two attached hydrogens (primary N) is 1. The number of amides is 3. The minimum Gasteiger partial charge on any atom is -0.379 e. The number of rotatable bonds is 13. The van der Waals surface area contributed by atoms with Crippen LogP contribution in [0.3, 0.4) is 0 Å². The molecule has 0 bridgehead atoms. The zero-order valence-electron chi connectivity index (χ0n) is 21.3. The second kappa shape index (κ2) is 13.1. The Balaban J connectivity index is 3.06. The molecule has 1 rings (SSSR count). The third-order valence-electron chi connectivity index (χ3n) is 6.92. The van der Waals surface area contributed by atoms with Crippen molar-refractivity contribution in [3.63, 3.8) is 0 Å². The summed E-state index contributed by atoms with van der Waals surface area (Å²) in [5, 5.41) is 0. The average molecular weight is 456 g/mol. The van der Waals surface area contributed by atoms with Gasteiger partial charge in [-0.25, -0.2) is 0 Å². The number of primary amides is 1. The molecule has 1 fully saturated rings. The van der Waals surface area contributed by atoms with Gasteiger partial charge in [0.25, 0.3) is 0 Å². The topological polar surface area (TPSA) is 102 Å². The van der Waals surface area contributed by atoms with Crippen molar-refractivity contribution in [3.8, 4) is 0 Å². The summed E-state index contributed by atoms with van der Waals surface area (Å²) < 4.78 is 11.4. The van der Waals surface area contributed by atoms with Crippen molar-refractivity contribution in [1.82, 2.24) is 9.80 Å². The van der Waals surface area contributed by atoms with E-state index in [1.54, 1.807) is 26.0 Å². The van der Waals surface area contributed by atoms with E-state index in [-0.39, 0.29) is 42.2 Å². The van der Waals surface area contributed by atoms with Gasteiger partial charge in [0, 0.05) is 34.2 Å². The number of nitrogens with zero attached hydrogens (tertiary/aromatic N) is 2. The summed E-state index contributed by atoms with van der Waals surface area (Å²) in [6, 6.07) is -0.404. The van der Waals surface area contributed by atoms with Gasteiger partial charge < -0.3 is 25.0 Å². The smallest absolute Gasteiger partial charge is 0.225 e. The van der Waals surface area contributed by atoms with Crippen LogP contribution in [0.2, 0.25) is 0 Å². The third-order valence-corrected chi connectivity index (χ3v) is 6.92. The van der Waals surface area contributed by atoms with Crippen molar-refractivity contribution in [2.24, 2.45) is 23.5 Å². The van der Waals surface area contributed by atoms with Crippen molar-refractivity contribution < 1.29 is 23.9 Å². The van der Waals surface area contributed by atoms with Crippen LogP contribution in [0.1, 0.15) is 66.7 Å². The summed E-state index contributed by atoms with van der Waals surface area (Å²) in [4.78, 5) is 41.5. The molecule has 0 aromatic heterocycles. The Morgan fingerprint density at radius 1 is 1.09 bits per heavy atom. The van der Waals surface area contributed by atoms with E-state index in [4.69, 9.17) is 15.2 Å². The van der Waals surface area contributed by atoms with E-state index < -0.39 is 24.0 Å². The van der Waals surface area contributed by atoms with E-state index in [0.717, 1.165) is 19.3 Å². The first kappa shape index (κ1) is 28.4. The number of hydrogen-bond acceptors (Lipinski definition) is 5. The molecule has 1 aliphatic rings. The molecule has 0 saturated carbocycles. The van der Waals surface area contributed by atoms with E-state index in [1.807, 2.05) is 25.8 Å². The SMILES string of the molecule is CC[C@H](C)[C@@H]([C@@H](CC(=O)N1CCC[C@H]1[C@H](OC)[C@@H](C)C(N)=O)OC)N(C)C(=O)CC(C)C. The Morgan fingerprint density at radius 3 is 2.19 bits per heavy atom. The first-order valence-corrected chi connectivity index (χ1v) is 11.9. The summed E-state index contributed by atoms with van der Waals surface area (Å²) in [5.74, 6) is -0.486. The number of likely N-dealkylation sites (N-methyl/N-ethyl adjacent to an activating group) is 1. The second-order valence-electron chi connectivity index (χ2n) is 9.65. The molecule has 8 heteroatoms. The molecule has 0 aromatic rings. The zero-order chi connectivity index (χ0) is 24.6. The highest BCUT2D eigenvalue weighted by Crippen LogP contribution is 2.29. The standard InChI is InChI=1S/C24H45N3O5/c1-9-16(4)22(26(6)20(28)13-15(2)3)19(31-7)14-21(29)27-12-10-11-18(27)23(32-8)17(5)24(25)30/h15-19,22-23H,9-14H2,1-8H3,(H2,25,30)/t16-,17+,18-,19+,22-,23+/m0/s1. The van der Waals surface area contributed by atoms with Gasteiger partial charge in [0.2, 0.25) is 17.7 Å². The molecule has 0 aromatic carbocycles. The molecule has 6 atom stereocenters. The molecular weight excluding hydrogens is 410 g/mol. The fourth-order valence-corrected chi connectivity index (χ4v) is 4.83. The first-order valence-electron chi connectivity index (χ1n) is 11.9. The Labute approximate surface area is 194 Å². The van der Waals surface area contributed by atoms with Gasteiger partial charge in [-0.3, -0.25) is 14.4 Å². The van der Waals surface area contributed by atoms with Crippen molar-refractivity contribution in [1.29, 1.82) is 0 Å². The lowest BCUT2D eigenvalue weighted by atomic mass is 9.90. The number of hydrogen-bond donors (Lipinski definition) is 1. The molecular formula is C24H45N3O5. The van der Waals surface area contributed by atoms with Crippen LogP contribution in [-0.2, 0) is 23.9 Å². The maximum atomic E-state index is 13.4. The van der Waals surface area contributed by atoms with E-state index in [9.17, 15) is 14.4 Å². The van der Waals surface area contributed by atoms with Crippen LogP contribution in [0, 0.1) is 17.8 Å². The fraction of sp³-hybridized carbons (Fsp3) is 0.875. The lowest BCUT2D eigenvalue weighted by Crippen LogP contribution is -2.53. The van der Waals surface area contributed by atoms with Gasteiger partial charge in [-0.2, -0.15) is 0 Å². The van der Waals surface area contributed by atoms with Gasteiger partial charge in [0.1, 0.15) is 0 Å². The Morgan fingerprint density at radius 2 is 1.72 bits per heavy atom. The third kappa shape index (κ3) is 7.17. The summed E-state index contributed by atoms with van der Waals surface area (Å²) in [5.41, 5.74) is 5.51. The lowest BCUT2D eigenvalue weighted by molar-refractivity contribution is -0.145. The molecule has 1 saturated heterocycles. The van der Waals surface area contributed by atoms with Crippen LogP contribution in [0.4, 0.5) is 0 Å². The van der Waals surface area contributed by atoms with E-state index in [0.29, 0.717) is 13.0 Å². The zero-order valence-corrected chi connectivity index (χ0v) is 21.3. The summed E-state index contributed by atoms with van der Waals surface area (Å²) >= 11 is 0. The van der Waals surface area contributed by atoms with E-state index in [2.05, 4.69) is 13.8 Å². The predicted molar refractivity (Wildman–Crippen MR) is 125 cm³/mol. The van der Waals surface area contributed by atoms with Crippen molar-refractivity contribution in [2.75, 3.05) is 27.8 Å². The molecule has 8 nitrogen and oxygen atoms in total. The van der Waals surface area contributed by atoms with Crippen LogP contribution in [-0.4, -0.2) is 79.6 Å². The molecule has 186 valence electrons. The van der Waals surface area contributed by atoms with Crippen LogP contribution in [0.5, 0.6) is 0 Å². The van der Waals surface area contributed by atoms with Crippen LogP contribution in [0.25, 0.3) is 0 Å². The highest BCUT2D eigenvalue weighted by Gasteiger charge is 2.41. The molecule has 3 amide bonds. The normalized spacial score (nSPS) is 21.2. The van der Waals surface area contributed by atoms with Crippen molar-refractivity contribution in [3.05, 3.63) is 0 Å². The predicted octanol–water partition coefficient (Wildman–Crippen LogP) is 2.44. The molecule has 2 N–H and O–H groups in total. The van der Waals surface area contributed by atoms with Crippen molar-refractivity contribution >= 4 is 17.7 Å². The quantitative estimate of drug-likeness (QED) is 0.460. The maximum Gasteiger partial charge on any atom is 0.225 e. The summed E-state index contributed by atoms with van der Waals surface area (Å²) in [7, 11) is 4.96. The van der Waals surface area contributed by atoms with Crippen LogP contribution >= 0.6 is 0 Å². The number of methoxy groups -OCH3 is 2. The molecule has 0 unspecified atom stereocenters. The lowest BCUT2D eigenvalue weighted by Gasteiger charge is -2.39. The highest BCUT2D eigenvalue weighted by molar-refractivity contribution is 5.79. The fourth-order valence-electron chi connectivity index (χ4n) is 4.83. The van der Waals surface area contributed by atoms with Crippen LogP contribution < -0.4 is 5.73 Å². The van der Waals surface area contributed by atoms with Crippen LogP contribution in [0.15, 0.2) is 0 Å². The molecule has 32 heavy (non-hydrogen) atoms. The molecule has 0 spiro atoms. The molecule has 0 aliphatic carbocycles. The number of carbonyl (C=O) groups excluding carboxylic acids is 3. The van der Waals surface area contributed by atoms with Crippen molar-refractivity contribution in [2.45, 2.75) is 91.0 Å². The second-order valence-corrected chi connectivity index (χ2v) is 9.65. The average Bonchev–Trinajstić information content (AvgIpc) is 3.22. The van der Waals surface area contributed by atoms with Gasteiger partial charge >= 0.3 is 0 Å². The monoisotopic (exact) mass is 455 g/mol. The summed E-state index contributed by atoms with van der Waals surface area (Å²) in [6.45, 7) is 10.6. The number of ether oxygens (including phenoxy) is 2. The highest BCUT2D eigenvalue weighted by atomic mass is 16.5. The van der Waals surface area contributed by atoms with E-state index in [1.165, 1.54) is 0 Å². The minimum absolute atomic E-state index is 0.0453. The first-order chi connectivity index (χ1) is 15.0. The Bertz CT molecular complexity index is 627. The number of carbonyl (C=O) groups is 3. The Kier molecular flexibility index (Phi) is 11.6. The largest absolute Gasteiger partial charge is 0.379 e. The molecule has 1 aliphatic heterocycles. The van der Waals surface area contributed by atoms with Gasteiger partial charge in [0.05, 0.1) is 36.6 Å². The maximum absolute atomic E-state index is 13.4. The van der Waals surface area contributed by atoms with Gasteiger partial charge in [-0.1, -0.05) is 41.0 Å². The van der Waals surface area contributed by atoms with Gasteiger partial charge in [-0.15, -0.1) is 0 Å². The van der Waals surface area contributed by atoms with E-state index >= 15 is 0 Å². The Hall–Kier alpha value is -1.67. The minimum atomic E-state index is -0.496. The van der Waals surface area contributed by atoms with Gasteiger partial charge in [0.15, 0.2) is 0 Å². The molecule has 1 heterocycles. The summed E-state index contributed by atoms with van der Waals surface area (Å²) in [6.07, 6.45) is 2.24. The van der Waals surface area contributed by atoms with Gasteiger partial charge in [-0.05, 0) is 24.7 Å².